The Hall–Kier alpha value is -3.68. The van der Waals surface area contributed by atoms with E-state index in [2.05, 4.69) is 15.8 Å². The average Bonchev–Trinajstić information content (AvgIpc) is 3.17. The standard InChI is InChI=1S/C20H18N4O4/c1-12-9-16(23-28-12)21-17(25)11-24-18(26)20(2,22-19(24)27)15-8-7-13-5-3-4-6-14(13)10-15/h3-10H,11H2,1-2H3,(H,22,27)(H,21,23,25)/t20-/m1/s1. The predicted molar refractivity (Wildman–Crippen MR) is 101 cm³/mol. The number of carbonyl (C=O) groups is 3. The Morgan fingerprint density at radius 2 is 1.93 bits per heavy atom. The van der Waals surface area contributed by atoms with Gasteiger partial charge in [0.15, 0.2) is 5.82 Å². The van der Waals surface area contributed by atoms with Crippen LogP contribution in [-0.4, -0.2) is 34.4 Å². The van der Waals surface area contributed by atoms with Crippen LogP contribution in [0.25, 0.3) is 10.8 Å². The molecule has 0 aliphatic carbocycles. The number of nitrogens with one attached hydrogen (secondary N) is 2. The Morgan fingerprint density at radius 3 is 2.64 bits per heavy atom. The van der Waals surface area contributed by atoms with E-state index >= 15 is 0 Å². The van der Waals surface area contributed by atoms with Crippen LogP contribution in [0.1, 0.15) is 18.2 Å². The smallest absolute Gasteiger partial charge is 0.325 e. The number of amides is 4. The van der Waals surface area contributed by atoms with Crippen LogP contribution in [0.5, 0.6) is 0 Å². The fourth-order valence-electron chi connectivity index (χ4n) is 3.29. The molecule has 0 bridgehead atoms. The van der Waals surface area contributed by atoms with Crippen LogP contribution in [0.2, 0.25) is 0 Å². The van der Waals surface area contributed by atoms with Gasteiger partial charge in [-0.3, -0.25) is 14.5 Å². The number of carbonyl (C=O) groups excluding carboxylic acids is 3. The summed E-state index contributed by atoms with van der Waals surface area (Å²) in [5.74, 6) is -0.264. The molecule has 1 aliphatic rings. The van der Waals surface area contributed by atoms with Gasteiger partial charge in [0.25, 0.3) is 5.91 Å². The molecule has 1 saturated heterocycles. The molecule has 1 aliphatic heterocycles. The first-order valence-electron chi connectivity index (χ1n) is 8.73. The molecule has 2 heterocycles. The minimum atomic E-state index is -1.24. The topological polar surface area (TPSA) is 105 Å². The summed E-state index contributed by atoms with van der Waals surface area (Å²) < 4.78 is 4.88. The van der Waals surface area contributed by atoms with Crippen molar-refractivity contribution in [1.29, 1.82) is 0 Å². The maximum Gasteiger partial charge on any atom is 0.325 e. The van der Waals surface area contributed by atoms with Crippen LogP contribution in [0, 0.1) is 6.92 Å². The molecular formula is C20H18N4O4. The molecule has 28 heavy (non-hydrogen) atoms. The lowest BCUT2D eigenvalue weighted by atomic mass is 9.90. The van der Waals surface area contributed by atoms with Crippen LogP contribution in [0.3, 0.4) is 0 Å². The molecule has 1 fully saturated rings. The summed E-state index contributed by atoms with van der Waals surface area (Å²) in [5, 5.41) is 10.9. The van der Waals surface area contributed by atoms with Crippen molar-refractivity contribution >= 4 is 34.4 Å². The largest absolute Gasteiger partial charge is 0.360 e. The minimum absolute atomic E-state index is 0.229. The quantitative estimate of drug-likeness (QED) is 0.679. The SMILES string of the molecule is Cc1cc(NC(=O)CN2C(=O)N[C@](C)(c3ccc4ccccc4c3)C2=O)no1. The van der Waals surface area contributed by atoms with E-state index in [1.165, 1.54) is 0 Å². The van der Waals surface area contributed by atoms with E-state index < -0.39 is 29.9 Å². The maximum absolute atomic E-state index is 13.0. The van der Waals surface area contributed by atoms with Gasteiger partial charge < -0.3 is 15.2 Å². The highest BCUT2D eigenvalue weighted by molar-refractivity contribution is 6.10. The van der Waals surface area contributed by atoms with E-state index in [0.29, 0.717) is 11.3 Å². The van der Waals surface area contributed by atoms with E-state index in [1.807, 2.05) is 42.5 Å². The molecule has 1 atom stereocenters. The van der Waals surface area contributed by atoms with Crippen molar-refractivity contribution in [2.24, 2.45) is 0 Å². The van der Waals surface area contributed by atoms with E-state index in [1.54, 1.807) is 19.9 Å². The normalized spacial score (nSPS) is 19.1. The lowest BCUT2D eigenvalue weighted by Crippen LogP contribution is -2.42. The molecule has 4 rings (SSSR count). The van der Waals surface area contributed by atoms with E-state index in [-0.39, 0.29) is 5.82 Å². The van der Waals surface area contributed by atoms with E-state index in [4.69, 9.17) is 4.52 Å². The molecule has 3 aromatic rings. The van der Waals surface area contributed by atoms with Gasteiger partial charge in [0, 0.05) is 6.07 Å². The van der Waals surface area contributed by atoms with Gasteiger partial charge in [-0.1, -0.05) is 41.6 Å². The van der Waals surface area contributed by atoms with Crippen LogP contribution in [0.4, 0.5) is 10.6 Å². The number of imide groups is 1. The summed E-state index contributed by atoms with van der Waals surface area (Å²) in [4.78, 5) is 38.5. The van der Waals surface area contributed by atoms with Gasteiger partial charge in [-0.2, -0.15) is 0 Å². The minimum Gasteiger partial charge on any atom is -0.360 e. The second-order valence-electron chi connectivity index (χ2n) is 6.88. The van der Waals surface area contributed by atoms with Crippen molar-refractivity contribution in [3.8, 4) is 0 Å². The molecule has 1 aromatic heterocycles. The number of aryl methyl sites for hydroxylation is 1. The Bertz CT molecular complexity index is 1110. The second kappa shape index (κ2) is 6.49. The number of aromatic nitrogens is 1. The summed E-state index contributed by atoms with van der Waals surface area (Å²) in [6.07, 6.45) is 0. The van der Waals surface area contributed by atoms with Gasteiger partial charge >= 0.3 is 6.03 Å². The number of anilines is 1. The van der Waals surface area contributed by atoms with E-state index in [0.717, 1.165) is 15.7 Å². The third-order valence-electron chi connectivity index (χ3n) is 4.80. The predicted octanol–water partition coefficient (Wildman–Crippen LogP) is 2.54. The van der Waals surface area contributed by atoms with Gasteiger partial charge in [0.2, 0.25) is 5.91 Å². The number of fused-ring (bicyclic) bond motifs is 1. The lowest BCUT2D eigenvalue weighted by Gasteiger charge is -2.22. The first kappa shape index (κ1) is 17.7. The molecule has 142 valence electrons. The zero-order chi connectivity index (χ0) is 19.9. The van der Waals surface area contributed by atoms with Crippen LogP contribution >= 0.6 is 0 Å². The zero-order valence-corrected chi connectivity index (χ0v) is 15.4. The first-order chi connectivity index (χ1) is 13.4. The van der Waals surface area contributed by atoms with Crippen LogP contribution in [-0.2, 0) is 15.1 Å². The highest BCUT2D eigenvalue weighted by Crippen LogP contribution is 2.31. The molecule has 2 N–H and O–H groups in total. The Kier molecular flexibility index (Phi) is 4.11. The Labute approximate surface area is 160 Å². The summed E-state index contributed by atoms with van der Waals surface area (Å²) in [7, 11) is 0. The molecule has 0 spiro atoms. The molecule has 4 amide bonds. The van der Waals surface area contributed by atoms with Gasteiger partial charge in [-0.25, -0.2) is 4.79 Å². The molecular weight excluding hydrogens is 360 g/mol. The maximum atomic E-state index is 13.0. The summed E-state index contributed by atoms with van der Waals surface area (Å²) in [6, 6.07) is 14.3. The number of rotatable bonds is 4. The summed E-state index contributed by atoms with van der Waals surface area (Å²) >= 11 is 0. The zero-order valence-electron chi connectivity index (χ0n) is 15.4. The molecule has 0 unspecified atom stereocenters. The molecule has 0 saturated carbocycles. The fraction of sp³-hybridized carbons (Fsp3) is 0.200. The van der Waals surface area contributed by atoms with Crippen molar-refractivity contribution in [3.63, 3.8) is 0 Å². The van der Waals surface area contributed by atoms with Gasteiger partial charge in [-0.05, 0) is 36.2 Å². The van der Waals surface area contributed by atoms with Crippen molar-refractivity contribution in [2.75, 3.05) is 11.9 Å². The van der Waals surface area contributed by atoms with E-state index in [9.17, 15) is 14.4 Å². The first-order valence-corrected chi connectivity index (χ1v) is 8.73. The third kappa shape index (κ3) is 2.98. The van der Waals surface area contributed by atoms with Gasteiger partial charge in [0.1, 0.15) is 17.8 Å². The summed E-state index contributed by atoms with van der Waals surface area (Å²) in [5.41, 5.74) is -0.592. The molecule has 0 radical (unpaired) electrons. The van der Waals surface area contributed by atoms with Crippen molar-refractivity contribution in [1.82, 2.24) is 15.4 Å². The summed E-state index contributed by atoms with van der Waals surface area (Å²) in [6.45, 7) is 2.91. The fourth-order valence-corrected chi connectivity index (χ4v) is 3.29. The van der Waals surface area contributed by atoms with Gasteiger partial charge in [-0.15, -0.1) is 0 Å². The number of hydrogen-bond donors (Lipinski definition) is 2. The highest BCUT2D eigenvalue weighted by Gasteiger charge is 2.49. The van der Waals surface area contributed by atoms with Crippen molar-refractivity contribution in [2.45, 2.75) is 19.4 Å². The molecule has 8 heteroatoms. The van der Waals surface area contributed by atoms with Crippen LogP contribution in [0.15, 0.2) is 53.1 Å². The molecule has 8 nitrogen and oxygen atoms in total. The average molecular weight is 378 g/mol. The number of urea groups is 1. The third-order valence-corrected chi connectivity index (χ3v) is 4.80. The van der Waals surface area contributed by atoms with Crippen molar-refractivity contribution < 1.29 is 18.9 Å². The van der Waals surface area contributed by atoms with Crippen molar-refractivity contribution in [3.05, 3.63) is 59.9 Å². The molecule has 2 aromatic carbocycles. The lowest BCUT2D eigenvalue weighted by molar-refractivity contribution is -0.133. The highest BCUT2D eigenvalue weighted by atomic mass is 16.5. The second-order valence-corrected chi connectivity index (χ2v) is 6.88. The Balaban J connectivity index is 1.55. The number of hydrogen-bond acceptors (Lipinski definition) is 5. The van der Waals surface area contributed by atoms with Gasteiger partial charge in [0.05, 0.1) is 0 Å². The Morgan fingerprint density at radius 1 is 1.18 bits per heavy atom. The van der Waals surface area contributed by atoms with Crippen LogP contribution < -0.4 is 10.6 Å². The number of benzene rings is 2. The number of nitrogens with zero attached hydrogens (tertiary/aromatic N) is 2. The monoisotopic (exact) mass is 378 g/mol.